The fraction of sp³-hybridized carbons (Fsp3) is 1.00. The largest absolute Gasteiger partial charge is 0.700 e. The molecule has 0 aromatic carbocycles. The van der Waals surface area contributed by atoms with Crippen LogP contribution >= 0.6 is 8.25 Å². The molecular formula is C2H4O4P+. The summed E-state index contributed by atoms with van der Waals surface area (Å²) in [5.41, 5.74) is 0. The minimum atomic E-state index is -2.00. The molecule has 7 heavy (non-hydrogen) atoms. The van der Waals surface area contributed by atoms with Crippen LogP contribution in [0.1, 0.15) is 0 Å². The van der Waals surface area contributed by atoms with Gasteiger partial charge in [0.05, 0.1) is 0 Å². The lowest BCUT2D eigenvalue weighted by atomic mass is 10.7. The van der Waals surface area contributed by atoms with Crippen LogP contribution in [-0.2, 0) is 13.6 Å². The summed E-state index contributed by atoms with van der Waals surface area (Å²) in [4.78, 5) is 0. The van der Waals surface area contributed by atoms with Crippen LogP contribution in [0.2, 0.25) is 0 Å². The topological polar surface area (TPSA) is 55.8 Å². The summed E-state index contributed by atoms with van der Waals surface area (Å²) in [6.07, 6.45) is -0.983. The third kappa shape index (κ3) is 1.17. The van der Waals surface area contributed by atoms with Gasteiger partial charge in [-0.15, -0.1) is 4.52 Å². The van der Waals surface area contributed by atoms with Crippen molar-refractivity contribution in [2.45, 2.75) is 6.29 Å². The average Bonchev–Trinajstić information content (AvgIpc) is 1.87. The molecule has 1 N–H and O–H groups in total. The molecule has 0 radical (unpaired) electrons. The lowest BCUT2D eigenvalue weighted by molar-refractivity contribution is 0.00212. The molecule has 5 heteroatoms. The smallest absolute Gasteiger partial charge is 0.362 e. The van der Waals surface area contributed by atoms with Gasteiger partial charge in [-0.1, -0.05) is 4.52 Å². The van der Waals surface area contributed by atoms with Crippen LogP contribution < -0.4 is 0 Å². The highest BCUT2D eigenvalue weighted by molar-refractivity contribution is 7.33. The van der Waals surface area contributed by atoms with Gasteiger partial charge in [-0.05, 0) is 0 Å². The van der Waals surface area contributed by atoms with Crippen molar-refractivity contribution in [1.82, 2.24) is 0 Å². The SMILES string of the molecule is O=[P+]1OCC(O)O1. The Morgan fingerprint density at radius 2 is 2.57 bits per heavy atom. The molecule has 4 nitrogen and oxygen atoms in total. The molecule has 1 heterocycles. The molecule has 0 aliphatic carbocycles. The standard InChI is InChI=1S/C2H4O4P/c3-2-1-5-7(4)6-2/h2-3H,1H2/q+1. The van der Waals surface area contributed by atoms with E-state index in [0.29, 0.717) is 0 Å². The summed E-state index contributed by atoms with van der Waals surface area (Å²) in [5, 5.41) is 8.37. The Bertz CT molecular complexity index is 91.7. The van der Waals surface area contributed by atoms with Gasteiger partial charge in [-0.2, -0.15) is 0 Å². The van der Waals surface area contributed by atoms with Crippen LogP contribution in [0.25, 0.3) is 0 Å². The van der Waals surface area contributed by atoms with Crippen LogP contribution in [0.3, 0.4) is 0 Å². The maximum atomic E-state index is 10.00. The maximum absolute atomic E-state index is 10.00. The molecule has 1 aliphatic heterocycles. The first kappa shape index (κ1) is 5.12. The van der Waals surface area contributed by atoms with Crippen molar-refractivity contribution in [3.8, 4) is 0 Å². The van der Waals surface area contributed by atoms with Gasteiger partial charge in [-0.3, -0.25) is 0 Å². The molecule has 0 spiro atoms. The molecule has 0 aromatic heterocycles. The number of hydrogen-bond donors (Lipinski definition) is 1. The Balaban J connectivity index is 2.40. The molecule has 0 aromatic rings. The number of aliphatic hydroxyl groups excluding tert-OH is 1. The molecular weight excluding hydrogens is 119 g/mol. The van der Waals surface area contributed by atoms with E-state index in [-0.39, 0.29) is 6.61 Å². The minimum absolute atomic E-state index is 0.0230. The summed E-state index contributed by atoms with van der Waals surface area (Å²) in [5.74, 6) is 0. The van der Waals surface area contributed by atoms with Gasteiger partial charge in [0.15, 0.2) is 6.61 Å². The maximum Gasteiger partial charge on any atom is 0.700 e. The van der Waals surface area contributed by atoms with Gasteiger partial charge < -0.3 is 5.11 Å². The van der Waals surface area contributed by atoms with E-state index in [0.717, 1.165) is 0 Å². The Kier molecular flexibility index (Phi) is 1.35. The molecule has 2 atom stereocenters. The second-order valence-electron chi connectivity index (χ2n) is 1.08. The highest BCUT2D eigenvalue weighted by atomic mass is 31.1. The summed E-state index contributed by atoms with van der Waals surface area (Å²) >= 11 is 0. The molecule has 0 amide bonds. The highest BCUT2D eigenvalue weighted by Crippen LogP contribution is 2.31. The second kappa shape index (κ2) is 1.84. The van der Waals surface area contributed by atoms with Crippen molar-refractivity contribution in [2.75, 3.05) is 6.61 Å². The number of aliphatic hydroxyl groups is 1. The first-order chi connectivity index (χ1) is 3.29. The van der Waals surface area contributed by atoms with Crippen LogP contribution in [0.4, 0.5) is 0 Å². The minimum Gasteiger partial charge on any atom is -0.362 e. The van der Waals surface area contributed by atoms with Gasteiger partial charge in [-0.25, -0.2) is 0 Å². The van der Waals surface area contributed by atoms with Crippen molar-refractivity contribution >= 4 is 8.25 Å². The van der Waals surface area contributed by atoms with Crippen LogP contribution in [0.5, 0.6) is 0 Å². The Labute approximate surface area is 41.0 Å². The lowest BCUT2D eigenvalue weighted by Crippen LogP contribution is -2.04. The zero-order valence-electron chi connectivity index (χ0n) is 3.40. The van der Waals surface area contributed by atoms with Crippen LogP contribution in [-0.4, -0.2) is 18.0 Å². The van der Waals surface area contributed by atoms with Gasteiger partial charge in [0.25, 0.3) is 0 Å². The van der Waals surface area contributed by atoms with E-state index >= 15 is 0 Å². The molecule has 40 valence electrons. The van der Waals surface area contributed by atoms with Gasteiger partial charge in [0.2, 0.25) is 6.29 Å². The molecule has 2 unspecified atom stereocenters. The van der Waals surface area contributed by atoms with Gasteiger partial charge in [0.1, 0.15) is 0 Å². The van der Waals surface area contributed by atoms with Crippen molar-refractivity contribution in [3.05, 3.63) is 0 Å². The second-order valence-corrected chi connectivity index (χ2v) is 2.00. The normalized spacial score (nSPS) is 36.7. The van der Waals surface area contributed by atoms with Gasteiger partial charge >= 0.3 is 8.25 Å². The predicted molar refractivity (Wildman–Crippen MR) is 20.7 cm³/mol. The van der Waals surface area contributed by atoms with Crippen molar-refractivity contribution in [3.63, 3.8) is 0 Å². The third-order valence-corrected chi connectivity index (χ3v) is 1.31. The molecule has 1 fully saturated rings. The van der Waals surface area contributed by atoms with E-state index in [2.05, 4.69) is 9.05 Å². The summed E-state index contributed by atoms with van der Waals surface area (Å²) in [6, 6.07) is 0. The molecule has 1 rings (SSSR count). The Morgan fingerprint density at radius 1 is 1.86 bits per heavy atom. The average molecular weight is 123 g/mol. The molecule has 0 bridgehead atoms. The van der Waals surface area contributed by atoms with Crippen LogP contribution in [0, 0.1) is 0 Å². The van der Waals surface area contributed by atoms with E-state index in [1.807, 2.05) is 0 Å². The van der Waals surface area contributed by atoms with Crippen molar-refractivity contribution < 1.29 is 18.7 Å². The third-order valence-electron chi connectivity index (χ3n) is 0.530. The highest BCUT2D eigenvalue weighted by Gasteiger charge is 2.35. The zero-order chi connectivity index (χ0) is 5.28. The summed E-state index contributed by atoms with van der Waals surface area (Å²) in [7, 11) is -2.00. The van der Waals surface area contributed by atoms with Crippen LogP contribution in [0.15, 0.2) is 0 Å². The first-order valence-electron chi connectivity index (χ1n) is 1.74. The summed E-state index contributed by atoms with van der Waals surface area (Å²) in [6.45, 7) is 0.0230. The molecule has 1 saturated heterocycles. The quantitative estimate of drug-likeness (QED) is 0.461. The number of rotatable bonds is 0. The van der Waals surface area contributed by atoms with Crippen molar-refractivity contribution in [1.29, 1.82) is 0 Å². The fourth-order valence-electron chi connectivity index (χ4n) is 0.285. The predicted octanol–water partition coefficient (Wildman–Crippen LogP) is 0.00900. The monoisotopic (exact) mass is 123 g/mol. The van der Waals surface area contributed by atoms with Gasteiger partial charge in [0, 0.05) is 4.57 Å². The van der Waals surface area contributed by atoms with E-state index in [1.165, 1.54) is 0 Å². The van der Waals surface area contributed by atoms with Crippen molar-refractivity contribution in [2.24, 2.45) is 0 Å². The molecule has 1 aliphatic rings. The number of hydrogen-bond acceptors (Lipinski definition) is 4. The summed E-state index contributed by atoms with van der Waals surface area (Å²) < 4.78 is 18.5. The van der Waals surface area contributed by atoms with E-state index in [1.54, 1.807) is 0 Å². The first-order valence-corrected chi connectivity index (χ1v) is 2.83. The fourth-order valence-corrected chi connectivity index (χ4v) is 0.854. The van der Waals surface area contributed by atoms with E-state index in [4.69, 9.17) is 5.11 Å². The molecule has 0 saturated carbocycles. The Hall–Kier alpha value is -0.0200. The van der Waals surface area contributed by atoms with E-state index < -0.39 is 14.5 Å². The van der Waals surface area contributed by atoms with E-state index in [9.17, 15) is 4.57 Å². The lowest BCUT2D eigenvalue weighted by Gasteiger charge is -1.80. The Morgan fingerprint density at radius 3 is 2.71 bits per heavy atom. The zero-order valence-corrected chi connectivity index (χ0v) is 4.30.